The number of pyridine rings is 1. The summed E-state index contributed by atoms with van der Waals surface area (Å²) >= 11 is 0. The van der Waals surface area contributed by atoms with Gasteiger partial charge in [0.05, 0.1) is 11.6 Å². The van der Waals surface area contributed by atoms with Crippen LogP contribution in [-0.4, -0.2) is 28.1 Å². The minimum absolute atomic E-state index is 0.0949. The van der Waals surface area contributed by atoms with Crippen LogP contribution in [0.2, 0.25) is 0 Å². The van der Waals surface area contributed by atoms with Crippen molar-refractivity contribution in [3.63, 3.8) is 0 Å². The molecule has 0 bridgehead atoms. The van der Waals surface area contributed by atoms with Gasteiger partial charge in [-0.25, -0.2) is 4.79 Å². The number of carbonyl (C=O) groups excluding carboxylic acids is 1. The standard InChI is InChI=1S/C15H19N3O2/c1-15(2,3)20-14(19)18-8-4-5-13(18)12-6-7-17-10-11(12)9-16/h6-7,10,13H,4-5,8H2,1-3H3. The van der Waals surface area contributed by atoms with Crippen molar-refractivity contribution in [1.29, 1.82) is 5.26 Å². The van der Waals surface area contributed by atoms with E-state index in [2.05, 4.69) is 11.1 Å². The number of nitriles is 1. The monoisotopic (exact) mass is 273 g/mol. The molecule has 0 radical (unpaired) electrons. The number of aromatic nitrogens is 1. The summed E-state index contributed by atoms with van der Waals surface area (Å²) in [6.07, 6.45) is 4.64. The van der Waals surface area contributed by atoms with Crippen LogP contribution in [0.5, 0.6) is 0 Å². The number of ether oxygens (including phenoxy) is 1. The minimum Gasteiger partial charge on any atom is -0.444 e. The molecule has 2 rings (SSSR count). The van der Waals surface area contributed by atoms with Gasteiger partial charge in [0, 0.05) is 18.9 Å². The summed E-state index contributed by atoms with van der Waals surface area (Å²) in [6, 6.07) is 3.86. The summed E-state index contributed by atoms with van der Waals surface area (Å²) in [7, 11) is 0. The van der Waals surface area contributed by atoms with E-state index in [1.165, 1.54) is 0 Å². The first kappa shape index (κ1) is 14.3. The third kappa shape index (κ3) is 3.08. The van der Waals surface area contributed by atoms with Gasteiger partial charge >= 0.3 is 6.09 Å². The van der Waals surface area contributed by atoms with Gasteiger partial charge in [-0.1, -0.05) is 0 Å². The maximum Gasteiger partial charge on any atom is 0.410 e. The second kappa shape index (κ2) is 5.49. The van der Waals surface area contributed by atoms with E-state index in [-0.39, 0.29) is 12.1 Å². The van der Waals surface area contributed by atoms with E-state index in [9.17, 15) is 4.79 Å². The number of nitrogens with zero attached hydrogens (tertiary/aromatic N) is 3. The second-order valence-electron chi connectivity index (χ2n) is 5.91. The predicted molar refractivity (Wildman–Crippen MR) is 73.9 cm³/mol. The lowest BCUT2D eigenvalue weighted by atomic mass is 10.0. The molecule has 0 saturated carbocycles. The van der Waals surface area contributed by atoms with Gasteiger partial charge in [-0.15, -0.1) is 0 Å². The molecule has 0 aromatic carbocycles. The van der Waals surface area contributed by atoms with E-state index in [1.807, 2.05) is 26.8 Å². The molecule has 1 aromatic rings. The molecule has 5 nitrogen and oxygen atoms in total. The van der Waals surface area contributed by atoms with Crippen molar-refractivity contribution in [2.24, 2.45) is 0 Å². The molecule has 2 heterocycles. The van der Waals surface area contributed by atoms with Gasteiger partial charge in [0.1, 0.15) is 11.7 Å². The first-order valence-electron chi connectivity index (χ1n) is 6.76. The molecule has 1 unspecified atom stereocenters. The molecule has 106 valence electrons. The summed E-state index contributed by atoms with van der Waals surface area (Å²) < 4.78 is 5.44. The molecule has 0 spiro atoms. The molecule has 5 heteroatoms. The lowest BCUT2D eigenvalue weighted by molar-refractivity contribution is 0.0224. The average molecular weight is 273 g/mol. The highest BCUT2D eigenvalue weighted by Crippen LogP contribution is 2.34. The Kier molecular flexibility index (Phi) is 3.93. The summed E-state index contributed by atoms with van der Waals surface area (Å²) in [6.45, 7) is 6.21. The van der Waals surface area contributed by atoms with Crippen LogP contribution in [0.4, 0.5) is 4.79 Å². The minimum atomic E-state index is -0.513. The fourth-order valence-electron chi connectivity index (χ4n) is 2.42. The van der Waals surface area contributed by atoms with Crippen molar-refractivity contribution in [1.82, 2.24) is 9.88 Å². The quantitative estimate of drug-likeness (QED) is 0.788. The Hall–Kier alpha value is -2.09. The molecule has 1 saturated heterocycles. The maximum absolute atomic E-state index is 12.2. The number of likely N-dealkylation sites (tertiary alicyclic amines) is 1. The van der Waals surface area contributed by atoms with Gasteiger partial charge in [0.15, 0.2) is 0 Å². The van der Waals surface area contributed by atoms with Gasteiger partial charge in [-0.05, 0) is 45.2 Å². The van der Waals surface area contributed by atoms with E-state index in [1.54, 1.807) is 17.3 Å². The Morgan fingerprint density at radius 1 is 1.55 bits per heavy atom. The zero-order valence-electron chi connectivity index (χ0n) is 12.1. The number of hydrogen-bond acceptors (Lipinski definition) is 4. The number of carbonyl (C=O) groups is 1. The summed E-state index contributed by atoms with van der Waals surface area (Å²) in [5.41, 5.74) is 0.861. The van der Waals surface area contributed by atoms with Crippen LogP contribution >= 0.6 is 0 Å². The Morgan fingerprint density at radius 2 is 2.30 bits per heavy atom. The fraction of sp³-hybridized carbons (Fsp3) is 0.533. The smallest absolute Gasteiger partial charge is 0.410 e. The molecule has 1 aromatic heterocycles. The van der Waals surface area contributed by atoms with Crippen LogP contribution in [-0.2, 0) is 4.74 Å². The Labute approximate surface area is 119 Å². The van der Waals surface area contributed by atoms with Gasteiger partial charge in [0.25, 0.3) is 0 Å². The highest BCUT2D eigenvalue weighted by Gasteiger charge is 2.34. The largest absolute Gasteiger partial charge is 0.444 e. The van der Waals surface area contributed by atoms with Gasteiger partial charge in [-0.2, -0.15) is 5.26 Å². The molecular formula is C15H19N3O2. The first-order valence-corrected chi connectivity index (χ1v) is 6.76. The highest BCUT2D eigenvalue weighted by atomic mass is 16.6. The summed E-state index contributed by atoms with van der Waals surface area (Å²) in [5.74, 6) is 0. The third-order valence-corrected chi connectivity index (χ3v) is 3.22. The van der Waals surface area contributed by atoms with Crippen LogP contribution < -0.4 is 0 Å². The van der Waals surface area contributed by atoms with Crippen LogP contribution in [0.3, 0.4) is 0 Å². The molecule has 0 aliphatic carbocycles. The van der Waals surface area contributed by atoms with Crippen molar-refractivity contribution < 1.29 is 9.53 Å². The van der Waals surface area contributed by atoms with Crippen molar-refractivity contribution in [2.75, 3.05) is 6.54 Å². The Balaban J connectivity index is 2.24. The zero-order valence-corrected chi connectivity index (χ0v) is 12.1. The summed E-state index contributed by atoms with van der Waals surface area (Å²) in [5, 5.41) is 9.17. The van der Waals surface area contributed by atoms with E-state index in [0.717, 1.165) is 18.4 Å². The van der Waals surface area contributed by atoms with E-state index in [0.29, 0.717) is 12.1 Å². The van der Waals surface area contributed by atoms with Crippen LogP contribution in [0.1, 0.15) is 50.8 Å². The van der Waals surface area contributed by atoms with Crippen molar-refractivity contribution in [3.05, 3.63) is 29.6 Å². The Morgan fingerprint density at radius 3 is 2.95 bits per heavy atom. The molecule has 1 atom stereocenters. The van der Waals surface area contributed by atoms with Crippen molar-refractivity contribution >= 4 is 6.09 Å². The average Bonchev–Trinajstić information content (AvgIpc) is 2.85. The molecule has 20 heavy (non-hydrogen) atoms. The second-order valence-corrected chi connectivity index (χ2v) is 5.91. The number of amides is 1. The molecule has 1 aliphatic heterocycles. The summed E-state index contributed by atoms with van der Waals surface area (Å²) in [4.78, 5) is 17.9. The molecule has 1 amide bonds. The van der Waals surface area contributed by atoms with Crippen LogP contribution in [0.15, 0.2) is 18.5 Å². The molecular weight excluding hydrogens is 254 g/mol. The third-order valence-electron chi connectivity index (χ3n) is 3.22. The van der Waals surface area contributed by atoms with Gasteiger partial charge in [-0.3, -0.25) is 4.98 Å². The maximum atomic E-state index is 12.2. The fourth-order valence-corrected chi connectivity index (χ4v) is 2.42. The predicted octanol–water partition coefficient (Wildman–Crippen LogP) is 3.03. The molecule has 1 aliphatic rings. The SMILES string of the molecule is CC(C)(C)OC(=O)N1CCCC1c1ccncc1C#N. The van der Waals surface area contributed by atoms with E-state index < -0.39 is 5.60 Å². The molecule has 0 N–H and O–H groups in total. The number of rotatable bonds is 1. The number of hydrogen-bond donors (Lipinski definition) is 0. The van der Waals surface area contributed by atoms with E-state index in [4.69, 9.17) is 10.00 Å². The van der Waals surface area contributed by atoms with Gasteiger partial charge in [0.2, 0.25) is 0 Å². The lowest BCUT2D eigenvalue weighted by Gasteiger charge is -2.29. The van der Waals surface area contributed by atoms with Crippen LogP contribution in [0.25, 0.3) is 0 Å². The highest BCUT2D eigenvalue weighted by molar-refractivity contribution is 5.69. The van der Waals surface area contributed by atoms with Gasteiger partial charge < -0.3 is 9.64 Å². The molecule has 1 fully saturated rings. The first-order chi connectivity index (χ1) is 9.42. The lowest BCUT2D eigenvalue weighted by Crippen LogP contribution is -2.36. The zero-order chi connectivity index (χ0) is 14.8. The van der Waals surface area contributed by atoms with E-state index >= 15 is 0 Å². The topological polar surface area (TPSA) is 66.2 Å². The van der Waals surface area contributed by atoms with Crippen molar-refractivity contribution in [3.8, 4) is 6.07 Å². The normalized spacial score (nSPS) is 18.7. The van der Waals surface area contributed by atoms with Crippen LogP contribution in [0, 0.1) is 11.3 Å². The Bertz CT molecular complexity index is 543. The van der Waals surface area contributed by atoms with Crippen molar-refractivity contribution in [2.45, 2.75) is 45.3 Å².